The molecule has 0 spiro atoms. The monoisotopic (exact) mass is 222 g/mol. The van der Waals surface area contributed by atoms with Gasteiger partial charge in [0.1, 0.15) is 6.79 Å². The molecule has 0 amide bonds. The Morgan fingerprint density at radius 2 is 1.53 bits per heavy atom. The zero-order valence-corrected chi connectivity index (χ0v) is 11.6. The molecular formula is C12H30O3. The molecule has 0 bridgehead atoms. The summed E-state index contributed by atoms with van der Waals surface area (Å²) in [5, 5.41) is 0. The first-order chi connectivity index (χ1) is 7.22. The zero-order chi connectivity index (χ0) is 12.5. The number of hydrogen-bond donors (Lipinski definition) is 0. The standard InChI is InChI=1S/C6H14O.C4H10O2.C2H6/c1-4-6(2)5-7-3;1-3-6-4-5-2;1-2/h6H,4-5H2,1-3H3;3-4H2,1-2H3;1-2H3. The predicted octanol–water partition coefficient (Wildman–Crippen LogP) is 3.33. The van der Waals surface area contributed by atoms with Crippen molar-refractivity contribution in [1.82, 2.24) is 0 Å². The summed E-state index contributed by atoms with van der Waals surface area (Å²) < 4.78 is 14.2. The number of hydrogen-bond acceptors (Lipinski definition) is 3. The molecule has 0 aliphatic rings. The van der Waals surface area contributed by atoms with Gasteiger partial charge in [-0.15, -0.1) is 0 Å². The van der Waals surface area contributed by atoms with E-state index >= 15 is 0 Å². The van der Waals surface area contributed by atoms with E-state index in [0.717, 1.165) is 19.1 Å². The Kier molecular flexibility index (Phi) is 31.9. The van der Waals surface area contributed by atoms with Gasteiger partial charge in [-0.2, -0.15) is 0 Å². The van der Waals surface area contributed by atoms with Crippen LogP contribution in [-0.2, 0) is 14.2 Å². The van der Waals surface area contributed by atoms with Gasteiger partial charge in [-0.1, -0.05) is 34.1 Å². The molecule has 0 heterocycles. The topological polar surface area (TPSA) is 27.7 Å². The summed E-state index contributed by atoms with van der Waals surface area (Å²) in [6.07, 6.45) is 1.22. The Labute approximate surface area is 96.1 Å². The van der Waals surface area contributed by atoms with Crippen molar-refractivity contribution < 1.29 is 14.2 Å². The molecule has 0 radical (unpaired) electrons. The van der Waals surface area contributed by atoms with Crippen LogP contribution in [0.15, 0.2) is 0 Å². The van der Waals surface area contributed by atoms with E-state index in [2.05, 4.69) is 18.6 Å². The SMILES string of the molecule is CC.CCC(C)COC.CCOCOC. The summed E-state index contributed by atoms with van der Waals surface area (Å²) in [4.78, 5) is 0. The van der Waals surface area contributed by atoms with Crippen LogP contribution < -0.4 is 0 Å². The Hall–Kier alpha value is -0.120. The predicted molar refractivity (Wildman–Crippen MR) is 66.2 cm³/mol. The lowest BCUT2D eigenvalue weighted by atomic mass is 10.1. The van der Waals surface area contributed by atoms with E-state index in [9.17, 15) is 0 Å². The lowest BCUT2D eigenvalue weighted by Crippen LogP contribution is -2.00. The molecule has 1 atom stereocenters. The lowest BCUT2D eigenvalue weighted by Gasteiger charge is -2.03. The Balaban J connectivity index is -0.000000166. The van der Waals surface area contributed by atoms with E-state index in [4.69, 9.17) is 9.47 Å². The van der Waals surface area contributed by atoms with Crippen LogP contribution in [0.4, 0.5) is 0 Å². The average molecular weight is 222 g/mol. The maximum absolute atomic E-state index is 4.89. The molecule has 0 aromatic carbocycles. The Morgan fingerprint density at radius 3 is 1.67 bits per heavy atom. The summed E-state index contributed by atoms with van der Waals surface area (Å²) in [6.45, 7) is 12.3. The molecule has 96 valence electrons. The van der Waals surface area contributed by atoms with Gasteiger partial charge in [-0.05, 0) is 12.8 Å². The molecule has 3 nitrogen and oxygen atoms in total. The summed E-state index contributed by atoms with van der Waals surface area (Å²) >= 11 is 0. The Bertz CT molecular complexity index is 73.3. The summed E-state index contributed by atoms with van der Waals surface area (Å²) in [5.74, 6) is 0.727. The minimum absolute atomic E-state index is 0.413. The molecule has 1 unspecified atom stereocenters. The zero-order valence-electron chi connectivity index (χ0n) is 11.6. The van der Waals surface area contributed by atoms with E-state index in [1.54, 1.807) is 14.2 Å². The van der Waals surface area contributed by atoms with Crippen molar-refractivity contribution in [1.29, 1.82) is 0 Å². The van der Waals surface area contributed by atoms with Gasteiger partial charge in [0.15, 0.2) is 0 Å². The second-order valence-electron chi connectivity index (χ2n) is 2.87. The van der Waals surface area contributed by atoms with E-state index < -0.39 is 0 Å². The largest absolute Gasteiger partial charge is 0.384 e. The molecule has 15 heavy (non-hydrogen) atoms. The maximum atomic E-state index is 4.89. The van der Waals surface area contributed by atoms with Gasteiger partial charge in [0, 0.05) is 27.4 Å². The van der Waals surface area contributed by atoms with Crippen LogP contribution in [-0.4, -0.2) is 34.2 Å². The highest BCUT2D eigenvalue weighted by atomic mass is 16.7. The second-order valence-corrected chi connectivity index (χ2v) is 2.87. The van der Waals surface area contributed by atoms with Gasteiger partial charge in [0.05, 0.1) is 0 Å². The summed E-state index contributed by atoms with van der Waals surface area (Å²) in [6, 6.07) is 0. The van der Waals surface area contributed by atoms with E-state index in [-0.39, 0.29) is 0 Å². The number of ether oxygens (including phenoxy) is 3. The first kappa shape index (κ1) is 20.3. The molecule has 0 saturated heterocycles. The second kappa shape index (κ2) is 23.6. The van der Waals surface area contributed by atoms with Crippen LogP contribution in [0.5, 0.6) is 0 Å². The highest BCUT2D eigenvalue weighted by molar-refractivity contribution is 4.43. The Morgan fingerprint density at radius 1 is 1.00 bits per heavy atom. The third-order valence-electron chi connectivity index (χ3n) is 1.55. The van der Waals surface area contributed by atoms with Gasteiger partial charge < -0.3 is 14.2 Å². The van der Waals surface area contributed by atoms with E-state index in [1.165, 1.54) is 6.42 Å². The van der Waals surface area contributed by atoms with Gasteiger partial charge in [0.2, 0.25) is 0 Å². The number of rotatable bonds is 6. The van der Waals surface area contributed by atoms with E-state index in [0.29, 0.717) is 6.79 Å². The van der Waals surface area contributed by atoms with Crippen molar-refractivity contribution in [3.8, 4) is 0 Å². The van der Waals surface area contributed by atoms with Crippen LogP contribution in [0.3, 0.4) is 0 Å². The van der Waals surface area contributed by atoms with Crippen LogP contribution in [0, 0.1) is 5.92 Å². The van der Waals surface area contributed by atoms with Crippen molar-refractivity contribution in [2.24, 2.45) is 5.92 Å². The minimum Gasteiger partial charge on any atom is -0.384 e. The smallest absolute Gasteiger partial charge is 0.146 e. The van der Waals surface area contributed by atoms with Crippen molar-refractivity contribution in [2.75, 3.05) is 34.2 Å². The fourth-order valence-corrected chi connectivity index (χ4v) is 0.569. The average Bonchev–Trinajstić information content (AvgIpc) is 2.30. The quantitative estimate of drug-likeness (QED) is 0.509. The summed E-state index contributed by atoms with van der Waals surface area (Å²) in [7, 11) is 3.35. The molecule has 0 N–H and O–H groups in total. The van der Waals surface area contributed by atoms with Crippen molar-refractivity contribution in [3.63, 3.8) is 0 Å². The minimum atomic E-state index is 0.413. The van der Waals surface area contributed by atoms with Crippen molar-refractivity contribution >= 4 is 0 Å². The normalized spacial score (nSPS) is 10.6. The maximum Gasteiger partial charge on any atom is 0.146 e. The molecule has 0 aliphatic heterocycles. The molecule has 0 saturated carbocycles. The summed E-state index contributed by atoms with van der Waals surface area (Å²) in [5.41, 5.74) is 0. The van der Waals surface area contributed by atoms with Crippen LogP contribution >= 0.6 is 0 Å². The molecule has 0 aromatic rings. The molecule has 0 fully saturated rings. The van der Waals surface area contributed by atoms with Crippen LogP contribution in [0.25, 0.3) is 0 Å². The molecule has 0 rings (SSSR count). The van der Waals surface area contributed by atoms with Gasteiger partial charge in [-0.25, -0.2) is 0 Å². The van der Waals surface area contributed by atoms with Gasteiger partial charge in [-0.3, -0.25) is 0 Å². The van der Waals surface area contributed by atoms with Crippen molar-refractivity contribution in [3.05, 3.63) is 0 Å². The highest BCUT2D eigenvalue weighted by Gasteiger charge is 1.93. The van der Waals surface area contributed by atoms with Gasteiger partial charge in [0.25, 0.3) is 0 Å². The number of methoxy groups -OCH3 is 2. The first-order valence-corrected chi connectivity index (χ1v) is 5.78. The molecular weight excluding hydrogens is 192 g/mol. The lowest BCUT2D eigenvalue weighted by molar-refractivity contribution is -0.0250. The third-order valence-corrected chi connectivity index (χ3v) is 1.55. The van der Waals surface area contributed by atoms with Crippen LogP contribution in [0.1, 0.15) is 41.0 Å². The molecule has 3 heteroatoms. The molecule has 0 aromatic heterocycles. The fourth-order valence-electron chi connectivity index (χ4n) is 0.569. The third kappa shape index (κ3) is 31.5. The van der Waals surface area contributed by atoms with Crippen LogP contribution in [0.2, 0.25) is 0 Å². The van der Waals surface area contributed by atoms with Gasteiger partial charge >= 0.3 is 0 Å². The van der Waals surface area contributed by atoms with Crippen molar-refractivity contribution in [2.45, 2.75) is 41.0 Å². The first-order valence-electron chi connectivity index (χ1n) is 5.78. The fraction of sp³-hybridized carbons (Fsp3) is 1.00. The molecule has 0 aliphatic carbocycles. The van der Waals surface area contributed by atoms with E-state index in [1.807, 2.05) is 20.8 Å². The highest BCUT2D eigenvalue weighted by Crippen LogP contribution is 1.98.